The Bertz CT molecular complexity index is 405. The highest BCUT2D eigenvalue weighted by Gasteiger charge is 2.20. The first kappa shape index (κ1) is 14.0. The summed E-state index contributed by atoms with van der Waals surface area (Å²) in [5, 5.41) is 17.5. The molecule has 0 aromatic carbocycles. The Morgan fingerprint density at radius 3 is 2.89 bits per heavy atom. The van der Waals surface area contributed by atoms with Crippen molar-refractivity contribution in [3.63, 3.8) is 0 Å². The second-order valence-electron chi connectivity index (χ2n) is 5.29. The van der Waals surface area contributed by atoms with Gasteiger partial charge in [0.1, 0.15) is 0 Å². The Labute approximate surface area is 117 Å². The van der Waals surface area contributed by atoms with Gasteiger partial charge in [-0.3, -0.25) is 4.68 Å². The Morgan fingerprint density at radius 1 is 1.50 bits per heavy atom. The van der Waals surface area contributed by atoms with E-state index in [0.717, 1.165) is 42.5 Å². The van der Waals surface area contributed by atoms with Crippen LogP contribution in [0.3, 0.4) is 0 Å². The molecule has 0 amide bonds. The van der Waals surface area contributed by atoms with Crippen LogP contribution in [-0.4, -0.2) is 27.5 Å². The van der Waals surface area contributed by atoms with Crippen LogP contribution in [0.5, 0.6) is 0 Å². The predicted octanol–water partition coefficient (Wildman–Crippen LogP) is 2.13. The van der Waals surface area contributed by atoms with Crippen molar-refractivity contribution < 1.29 is 5.11 Å². The van der Waals surface area contributed by atoms with Gasteiger partial charge >= 0.3 is 0 Å². The molecule has 1 aromatic rings. The molecule has 1 saturated carbocycles. The van der Waals surface area contributed by atoms with Crippen molar-refractivity contribution in [2.45, 2.75) is 45.3 Å². The first-order valence-electron chi connectivity index (χ1n) is 6.64. The minimum Gasteiger partial charge on any atom is -0.393 e. The summed E-state index contributed by atoms with van der Waals surface area (Å²) in [5.41, 5.74) is 2.21. The number of aromatic nitrogens is 2. The molecule has 0 radical (unpaired) electrons. The number of rotatable bonds is 4. The molecule has 5 heteroatoms. The molecular formula is C13H22BrN3O. The standard InChI is InChI=1S/C13H22BrN3O/c1-9-13(14)12(17(2)16-9)8-15-7-10-4-3-5-11(18)6-10/h10-11,15,18H,3-8H2,1-2H3. The first-order valence-corrected chi connectivity index (χ1v) is 7.44. The SMILES string of the molecule is Cc1nn(C)c(CNCC2CCCC(O)C2)c1Br. The number of nitrogens with zero attached hydrogens (tertiary/aromatic N) is 2. The maximum atomic E-state index is 9.64. The van der Waals surface area contributed by atoms with Gasteiger partial charge in [-0.05, 0) is 54.6 Å². The van der Waals surface area contributed by atoms with Gasteiger partial charge in [0, 0.05) is 13.6 Å². The average Bonchev–Trinajstić information content (AvgIpc) is 2.56. The molecule has 4 nitrogen and oxygen atoms in total. The van der Waals surface area contributed by atoms with Gasteiger partial charge < -0.3 is 10.4 Å². The van der Waals surface area contributed by atoms with Gasteiger partial charge in [0.15, 0.2) is 0 Å². The smallest absolute Gasteiger partial charge is 0.0739 e. The molecule has 2 unspecified atom stereocenters. The largest absolute Gasteiger partial charge is 0.393 e. The van der Waals surface area contributed by atoms with E-state index in [2.05, 4.69) is 26.3 Å². The van der Waals surface area contributed by atoms with Gasteiger partial charge in [-0.15, -0.1) is 0 Å². The highest BCUT2D eigenvalue weighted by atomic mass is 79.9. The van der Waals surface area contributed by atoms with E-state index in [4.69, 9.17) is 0 Å². The molecular weight excluding hydrogens is 294 g/mol. The van der Waals surface area contributed by atoms with Crippen molar-refractivity contribution in [1.82, 2.24) is 15.1 Å². The monoisotopic (exact) mass is 315 g/mol. The number of nitrogens with one attached hydrogen (secondary N) is 1. The fourth-order valence-corrected chi connectivity index (χ4v) is 3.19. The van der Waals surface area contributed by atoms with E-state index < -0.39 is 0 Å². The third kappa shape index (κ3) is 3.33. The summed E-state index contributed by atoms with van der Waals surface area (Å²) >= 11 is 3.57. The summed E-state index contributed by atoms with van der Waals surface area (Å²) in [5.74, 6) is 0.613. The topological polar surface area (TPSA) is 50.1 Å². The zero-order chi connectivity index (χ0) is 13.1. The van der Waals surface area contributed by atoms with Gasteiger partial charge in [0.2, 0.25) is 0 Å². The van der Waals surface area contributed by atoms with Gasteiger partial charge in [-0.1, -0.05) is 6.42 Å². The second-order valence-corrected chi connectivity index (χ2v) is 6.08. The summed E-state index contributed by atoms with van der Waals surface area (Å²) in [7, 11) is 1.97. The number of aliphatic hydroxyl groups excluding tert-OH is 1. The molecule has 0 bridgehead atoms. The zero-order valence-corrected chi connectivity index (χ0v) is 12.7. The fourth-order valence-electron chi connectivity index (χ4n) is 2.71. The van der Waals surface area contributed by atoms with E-state index in [1.54, 1.807) is 0 Å². The lowest BCUT2D eigenvalue weighted by Crippen LogP contribution is -2.29. The summed E-state index contributed by atoms with van der Waals surface area (Å²) in [6.07, 6.45) is 4.22. The van der Waals surface area contributed by atoms with E-state index in [0.29, 0.717) is 5.92 Å². The van der Waals surface area contributed by atoms with E-state index in [1.807, 2.05) is 18.7 Å². The van der Waals surface area contributed by atoms with Crippen LogP contribution in [0, 0.1) is 12.8 Å². The number of aryl methyl sites for hydroxylation is 2. The van der Waals surface area contributed by atoms with Crippen molar-refractivity contribution in [1.29, 1.82) is 0 Å². The third-order valence-electron chi connectivity index (χ3n) is 3.74. The van der Waals surface area contributed by atoms with Crippen LogP contribution >= 0.6 is 15.9 Å². The number of hydrogen-bond donors (Lipinski definition) is 2. The number of aliphatic hydroxyl groups is 1. The number of halogens is 1. The molecule has 2 atom stereocenters. The minimum atomic E-state index is -0.0868. The molecule has 0 aliphatic heterocycles. The molecule has 102 valence electrons. The normalized spacial score (nSPS) is 24.4. The lowest BCUT2D eigenvalue weighted by molar-refractivity contribution is 0.100. The van der Waals surface area contributed by atoms with E-state index in [-0.39, 0.29) is 6.10 Å². The molecule has 0 spiro atoms. The summed E-state index contributed by atoms with van der Waals surface area (Å²) in [6, 6.07) is 0. The number of hydrogen-bond acceptors (Lipinski definition) is 3. The Hall–Kier alpha value is -0.390. The lowest BCUT2D eigenvalue weighted by atomic mass is 9.87. The third-order valence-corrected chi connectivity index (χ3v) is 4.77. The average molecular weight is 316 g/mol. The summed E-state index contributed by atoms with van der Waals surface area (Å²) in [6.45, 7) is 3.81. The van der Waals surface area contributed by atoms with Gasteiger partial charge in [-0.25, -0.2) is 0 Å². The molecule has 1 aliphatic carbocycles. The van der Waals surface area contributed by atoms with Crippen molar-refractivity contribution in [3.8, 4) is 0 Å². The fraction of sp³-hybridized carbons (Fsp3) is 0.769. The van der Waals surface area contributed by atoms with E-state index in [1.165, 1.54) is 12.1 Å². The van der Waals surface area contributed by atoms with Gasteiger partial charge in [-0.2, -0.15) is 5.10 Å². The molecule has 1 heterocycles. The van der Waals surface area contributed by atoms with Crippen LogP contribution in [0.25, 0.3) is 0 Å². The van der Waals surface area contributed by atoms with Crippen LogP contribution in [0.1, 0.15) is 37.1 Å². The van der Waals surface area contributed by atoms with Crippen LogP contribution in [-0.2, 0) is 13.6 Å². The summed E-state index contributed by atoms with van der Waals surface area (Å²) < 4.78 is 3.02. The minimum absolute atomic E-state index is 0.0868. The first-order chi connectivity index (χ1) is 8.58. The molecule has 1 fully saturated rings. The highest BCUT2D eigenvalue weighted by molar-refractivity contribution is 9.10. The maximum absolute atomic E-state index is 9.64. The van der Waals surface area contributed by atoms with Crippen molar-refractivity contribution >= 4 is 15.9 Å². The van der Waals surface area contributed by atoms with Crippen LogP contribution in [0.4, 0.5) is 0 Å². The Balaban J connectivity index is 1.81. The van der Waals surface area contributed by atoms with Crippen LogP contribution in [0.15, 0.2) is 4.47 Å². The molecule has 2 rings (SSSR count). The van der Waals surface area contributed by atoms with E-state index >= 15 is 0 Å². The van der Waals surface area contributed by atoms with Crippen molar-refractivity contribution in [2.75, 3.05) is 6.54 Å². The Kier molecular flexibility index (Phi) is 4.81. The molecule has 2 N–H and O–H groups in total. The molecule has 1 aromatic heterocycles. The molecule has 18 heavy (non-hydrogen) atoms. The second kappa shape index (κ2) is 6.17. The quantitative estimate of drug-likeness (QED) is 0.895. The lowest BCUT2D eigenvalue weighted by Gasteiger charge is -2.26. The van der Waals surface area contributed by atoms with Crippen LogP contribution in [0.2, 0.25) is 0 Å². The van der Waals surface area contributed by atoms with Gasteiger partial charge in [0.05, 0.1) is 22.0 Å². The van der Waals surface area contributed by atoms with E-state index in [9.17, 15) is 5.11 Å². The zero-order valence-electron chi connectivity index (χ0n) is 11.1. The predicted molar refractivity (Wildman–Crippen MR) is 75.3 cm³/mol. The van der Waals surface area contributed by atoms with Gasteiger partial charge in [0.25, 0.3) is 0 Å². The van der Waals surface area contributed by atoms with Crippen molar-refractivity contribution in [3.05, 3.63) is 15.9 Å². The highest BCUT2D eigenvalue weighted by Crippen LogP contribution is 2.24. The molecule has 0 saturated heterocycles. The van der Waals surface area contributed by atoms with Crippen molar-refractivity contribution in [2.24, 2.45) is 13.0 Å². The maximum Gasteiger partial charge on any atom is 0.0739 e. The summed E-state index contributed by atoms with van der Waals surface area (Å²) in [4.78, 5) is 0. The van der Waals surface area contributed by atoms with Crippen LogP contribution < -0.4 is 5.32 Å². The molecule has 1 aliphatic rings. The Morgan fingerprint density at radius 2 is 2.28 bits per heavy atom.